The molecule has 0 fully saturated rings. The van der Waals surface area contributed by atoms with Crippen molar-refractivity contribution in [2.45, 2.75) is 6.42 Å². The fourth-order valence-corrected chi connectivity index (χ4v) is 3.17. The third kappa shape index (κ3) is 2.91. The first-order valence-electron chi connectivity index (χ1n) is 8.30. The van der Waals surface area contributed by atoms with E-state index in [2.05, 4.69) is 17.1 Å². The lowest BCUT2D eigenvalue weighted by Crippen LogP contribution is -2.32. The molecule has 0 saturated heterocycles. The second-order valence-corrected chi connectivity index (χ2v) is 6.11. The summed E-state index contributed by atoms with van der Waals surface area (Å²) in [7, 11) is 0. The summed E-state index contributed by atoms with van der Waals surface area (Å²) >= 11 is 0. The molecule has 0 unspecified atom stereocenters. The number of Topliss-reactive ketones (excluding diaryl/α,β-unsaturated/α-hetero) is 1. The number of hydrogen-bond acceptors (Lipinski definition) is 3. The fourth-order valence-electron chi connectivity index (χ4n) is 3.17. The zero-order chi connectivity index (χ0) is 16.4. The summed E-state index contributed by atoms with van der Waals surface area (Å²) in [5.41, 5.74) is 2.62. The molecule has 24 heavy (non-hydrogen) atoms. The molecule has 0 aliphatic carbocycles. The lowest BCUT2D eigenvalue weighted by Gasteiger charge is -2.22. The Morgan fingerprint density at radius 2 is 1.88 bits per heavy atom. The lowest BCUT2D eigenvalue weighted by atomic mass is 10.0. The van der Waals surface area contributed by atoms with Crippen molar-refractivity contribution in [3.05, 3.63) is 71.3 Å². The molecule has 0 aromatic heterocycles. The van der Waals surface area contributed by atoms with E-state index in [-0.39, 0.29) is 5.78 Å². The molecule has 0 spiro atoms. The van der Waals surface area contributed by atoms with Crippen molar-refractivity contribution < 1.29 is 9.53 Å². The van der Waals surface area contributed by atoms with Gasteiger partial charge in [-0.2, -0.15) is 0 Å². The maximum absolute atomic E-state index is 12.8. The molecule has 2 aromatic carbocycles. The van der Waals surface area contributed by atoms with Crippen molar-refractivity contribution in [2.75, 3.05) is 19.6 Å². The minimum atomic E-state index is 0.140. The summed E-state index contributed by atoms with van der Waals surface area (Å²) in [6.07, 6.45) is 9.32. The van der Waals surface area contributed by atoms with Gasteiger partial charge in [-0.15, -0.1) is 0 Å². The van der Waals surface area contributed by atoms with Gasteiger partial charge in [0.25, 0.3) is 0 Å². The largest absolute Gasteiger partial charge is 0.456 e. The molecule has 2 aromatic rings. The summed E-state index contributed by atoms with van der Waals surface area (Å²) in [5, 5.41) is 0. The molecule has 3 heteroatoms. The topological polar surface area (TPSA) is 29.5 Å². The SMILES string of the molecule is O=C(CN1CC=CCC1)c1cccc2c1C=Cc1ccccc1O2. The molecule has 0 N–H and O–H groups in total. The third-order valence-corrected chi connectivity index (χ3v) is 4.44. The summed E-state index contributed by atoms with van der Waals surface area (Å²) in [5.74, 6) is 1.69. The molecule has 2 aliphatic rings. The first kappa shape index (κ1) is 14.9. The monoisotopic (exact) mass is 317 g/mol. The van der Waals surface area contributed by atoms with E-state index in [9.17, 15) is 4.79 Å². The number of nitrogens with zero attached hydrogens (tertiary/aromatic N) is 1. The molecule has 4 rings (SSSR count). The second kappa shape index (κ2) is 6.46. The van der Waals surface area contributed by atoms with Crippen LogP contribution in [-0.4, -0.2) is 30.3 Å². The minimum Gasteiger partial charge on any atom is -0.456 e. The van der Waals surface area contributed by atoms with Crippen LogP contribution in [0.3, 0.4) is 0 Å². The van der Waals surface area contributed by atoms with Gasteiger partial charge in [0.05, 0.1) is 6.54 Å². The average molecular weight is 317 g/mol. The van der Waals surface area contributed by atoms with E-state index in [0.29, 0.717) is 6.54 Å². The number of ether oxygens (including phenoxy) is 1. The van der Waals surface area contributed by atoms with E-state index in [0.717, 1.165) is 47.7 Å². The standard InChI is InChI=1S/C21H19NO2/c23-19(15-22-13-4-1-5-14-22)17-8-6-10-21-18(17)12-11-16-7-2-3-9-20(16)24-21/h1-4,6-12H,5,13-15H2. The number of carbonyl (C=O) groups excluding carboxylic acids is 1. The third-order valence-electron chi connectivity index (χ3n) is 4.44. The van der Waals surface area contributed by atoms with Gasteiger partial charge in [-0.05, 0) is 24.6 Å². The quantitative estimate of drug-likeness (QED) is 0.529. The molecule has 2 heterocycles. The first-order chi connectivity index (χ1) is 11.8. The Labute approximate surface area is 141 Å². The minimum absolute atomic E-state index is 0.140. The van der Waals surface area contributed by atoms with Gasteiger partial charge in [-0.1, -0.05) is 48.6 Å². The van der Waals surface area contributed by atoms with E-state index in [1.807, 2.05) is 54.6 Å². The van der Waals surface area contributed by atoms with E-state index in [1.165, 1.54) is 0 Å². The lowest BCUT2D eigenvalue weighted by molar-refractivity contribution is 0.0936. The van der Waals surface area contributed by atoms with Gasteiger partial charge in [0, 0.05) is 29.8 Å². The highest BCUT2D eigenvalue weighted by molar-refractivity contribution is 6.02. The van der Waals surface area contributed by atoms with Crippen LogP contribution < -0.4 is 4.74 Å². The Kier molecular flexibility index (Phi) is 4.01. The van der Waals surface area contributed by atoms with Crippen LogP contribution in [0.5, 0.6) is 11.5 Å². The molecule has 2 aliphatic heterocycles. The van der Waals surface area contributed by atoms with Crippen LogP contribution in [-0.2, 0) is 0 Å². The summed E-state index contributed by atoms with van der Waals surface area (Å²) < 4.78 is 6.04. The number of para-hydroxylation sites is 1. The van der Waals surface area contributed by atoms with Crippen molar-refractivity contribution in [3.63, 3.8) is 0 Å². The molecule has 0 amide bonds. The van der Waals surface area contributed by atoms with Gasteiger partial charge in [0.2, 0.25) is 0 Å². The van der Waals surface area contributed by atoms with Crippen LogP contribution >= 0.6 is 0 Å². The van der Waals surface area contributed by atoms with Crippen LogP contribution in [0.1, 0.15) is 27.9 Å². The number of benzene rings is 2. The predicted octanol–water partition coefficient (Wildman–Crippen LogP) is 4.41. The maximum atomic E-state index is 12.8. The Hall–Kier alpha value is -2.65. The fraction of sp³-hybridized carbons (Fsp3) is 0.190. The second-order valence-electron chi connectivity index (χ2n) is 6.11. The number of carbonyl (C=O) groups is 1. The molecule has 3 nitrogen and oxygen atoms in total. The summed E-state index contributed by atoms with van der Waals surface area (Å²) in [6.45, 7) is 2.23. The highest BCUT2D eigenvalue weighted by atomic mass is 16.5. The number of hydrogen-bond donors (Lipinski definition) is 0. The smallest absolute Gasteiger partial charge is 0.177 e. The Bertz CT molecular complexity index is 835. The van der Waals surface area contributed by atoms with Gasteiger partial charge >= 0.3 is 0 Å². The molecule has 0 radical (unpaired) electrons. The van der Waals surface area contributed by atoms with E-state index >= 15 is 0 Å². The van der Waals surface area contributed by atoms with Gasteiger partial charge in [-0.3, -0.25) is 9.69 Å². The average Bonchev–Trinajstić information content (AvgIpc) is 2.81. The van der Waals surface area contributed by atoms with Gasteiger partial charge in [-0.25, -0.2) is 0 Å². The normalized spacial score (nSPS) is 16.0. The van der Waals surface area contributed by atoms with Crippen LogP contribution in [0.2, 0.25) is 0 Å². The molecule has 120 valence electrons. The zero-order valence-electron chi connectivity index (χ0n) is 13.4. The molecule has 0 saturated carbocycles. The first-order valence-corrected chi connectivity index (χ1v) is 8.30. The predicted molar refractivity (Wildman–Crippen MR) is 96.4 cm³/mol. The van der Waals surface area contributed by atoms with E-state index < -0.39 is 0 Å². The number of fused-ring (bicyclic) bond motifs is 2. The number of rotatable bonds is 3. The van der Waals surface area contributed by atoms with Gasteiger partial charge < -0.3 is 4.74 Å². The van der Waals surface area contributed by atoms with Gasteiger partial charge in [0.15, 0.2) is 5.78 Å². The van der Waals surface area contributed by atoms with Crippen molar-refractivity contribution in [1.82, 2.24) is 4.90 Å². The van der Waals surface area contributed by atoms with Crippen molar-refractivity contribution in [1.29, 1.82) is 0 Å². The molecular weight excluding hydrogens is 298 g/mol. The highest BCUT2D eigenvalue weighted by Gasteiger charge is 2.19. The Balaban J connectivity index is 1.65. The van der Waals surface area contributed by atoms with Crippen molar-refractivity contribution >= 4 is 17.9 Å². The van der Waals surface area contributed by atoms with E-state index in [1.54, 1.807) is 0 Å². The van der Waals surface area contributed by atoms with Crippen LogP contribution in [0.4, 0.5) is 0 Å². The van der Waals surface area contributed by atoms with Gasteiger partial charge in [0.1, 0.15) is 11.5 Å². The van der Waals surface area contributed by atoms with Crippen LogP contribution in [0, 0.1) is 0 Å². The number of ketones is 1. The Morgan fingerprint density at radius 1 is 1.00 bits per heavy atom. The molecular formula is C21H19NO2. The summed E-state index contributed by atoms with van der Waals surface area (Å²) in [6, 6.07) is 13.6. The van der Waals surface area contributed by atoms with Crippen molar-refractivity contribution in [2.24, 2.45) is 0 Å². The summed E-state index contributed by atoms with van der Waals surface area (Å²) in [4.78, 5) is 15.0. The zero-order valence-corrected chi connectivity index (χ0v) is 13.4. The maximum Gasteiger partial charge on any atom is 0.177 e. The van der Waals surface area contributed by atoms with Crippen molar-refractivity contribution in [3.8, 4) is 11.5 Å². The van der Waals surface area contributed by atoms with E-state index in [4.69, 9.17) is 4.74 Å². The Morgan fingerprint density at radius 3 is 2.75 bits per heavy atom. The highest BCUT2D eigenvalue weighted by Crippen LogP contribution is 2.35. The van der Waals surface area contributed by atoms with Crippen LogP contribution in [0.15, 0.2) is 54.6 Å². The molecule has 0 bridgehead atoms. The molecule has 0 atom stereocenters. The van der Waals surface area contributed by atoms with Crippen LogP contribution in [0.25, 0.3) is 12.2 Å².